The lowest BCUT2D eigenvalue weighted by atomic mass is 9.90. The van der Waals surface area contributed by atoms with E-state index in [1.807, 2.05) is 12.3 Å². The van der Waals surface area contributed by atoms with E-state index in [0.29, 0.717) is 24.6 Å². The van der Waals surface area contributed by atoms with E-state index in [1.54, 1.807) is 0 Å². The zero-order valence-electron chi connectivity index (χ0n) is 10.8. The van der Waals surface area contributed by atoms with Crippen LogP contribution in [0, 0.1) is 5.92 Å². The maximum Gasteiger partial charge on any atom is 0.0605 e. The Labute approximate surface area is 109 Å². The van der Waals surface area contributed by atoms with Crippen molar-refractivity contribution in [1.29, 1.82) is 0 Å². The van der Waals surface area contributed by atoms with Gasteiger partial charge in [0, 0.05) is 24.9 Å². The number of aliphatic hydroxyl groups is 1. The summed E-state index contributed by atoms with van der Waals surface area (Å²) in [5, 5.41) is 13.2. The molecule has 3 unspecified atom stereocenters. The maximum absolute atomic E-state index is 9.41. The first-order chi connectivity index (χ1) is 8.88. The molecule has 0 bridgehead atoms. The Morgan fingerprint density at radius 3 is 3.11 bits per heavy atom. The number of nitrogens with zero attached hydrogens (tertiary/aromatic N) is 1. The van der Waals surface area contributed by atoms with E-state index in [4.69, 9.17) is 0 Å². The second-order valence-electron chi connectivity index (χ2n) is 5.64. The molecule has 3 nitrogen and oxygen atoms in total. The van der Waals surface area contributed by atoms with Crippen LogP contribution in [0.25, 0.3) is 0 Å². The van der Waals surface area contributed by atoms with Crippen molar-refractivity contribution in [2.24, 2.45) is 5.92 Å². The number of nitrogens with one attached hydrogen (secondary N) is 1. The first-order valence-corrected chi connectivity index (χ1v) is 7.19. The minimum atomic E-state index is 0.319. The number of aliphatic hydroxyl groups excluding tert-OH is 1. The summed E-state index contributed by atoms with van der Waals surface area (Å²) in [6.07, 6.45) is 9.09. The molecular formula is C15H22N2O. The molecule has 0 aromatic carbocycles. The highest BCUT2D eigenvalue weighted by atomic mass is 16.3. The standard InChI is InChI=1S/C15H22N2O/c18-10-12-5-2-7-13(12)17-14-8-1-4-11-6-3-9-16-15(11)14/h3,6,9,12-14,17-18H,1-2,4-5,7-8,10H2. The molecule has 1 aromatic rings. The topological polar surface area (TPSA) is 45.1 Å². The quantitative estimate of drug-likeness (QED) is 0.859. The van der Waals surface area contributed by atoms with E-state index < -0.39 is 0 Å². The molecule has 2 aliphatic carbocycles. The van der Waals surface area contributed by atoms with Crippen LogP contribution >= 0.6 is 0 Å². The molecule has 0 amide bonds. The third kappa shape index (κ3) is 2.29. The van der Waals surface area contributed by atoms with Crippen molar-refractivity contribution in [2.75, 3.05) is 6.61 Å². The van der Waals surface area contributed by atoms with Gasteiger partial charge in [0.25, 0.3) is 0 Å². The Kier molecular flexibility index (Phi) is 3.62. The summed E-state index contributed by atoms with van der Waals surface area (Å²) in [5.41, 5.74) is 2.65. The summed E-state index contributed by atoms with van der Waals surface area (Å²) in [4.78, 5) is 4.57. The molecule has 3 rings (SSSR count). The lowest BCUT2D eigenvalue weighted by Gasteiger charge is -2.30. The Hall–Kier alpha value is -0.930. The van der Waals surface area contributed by atoms with Crippen LogP contribution in [0.2, 0.25) is 0 Å². The van der Waals surface area contributed by atoms with Gasteiger partial charge < -0.3 is 10.4 Å². The van der Waals surface area contributed by atoms with E-state index >= 15 is 0 Å². The fourth-order valence-corrected chi connectivity index (χ4v) is 3.50. The molecule has 3 heteroatoms. The molecule has 2 N–H and O–H groups in total. The van der Waals surface area contributed by atoms with Gasteiger partial charge in [-0.1, -0.05) is 12.5 Å². The van der Waals surface area contributed by atoms with Crippen LogP contribution in [0.1, 0.15) is 49.4 Å². The largest absolute Gasteiger partial charge is 0.396 e. The molecule has 1 fully saturated rings. The van der Waals surface area contributed by atoms with Gasteiger partial charge in [-0.05, 0) is 49.7 Å². The molecule has 0 saturated heterocycles. The summed E-state index contributed by atoms with van der Waals surface area (Å²) in [6.45, 7) is 0.319. The summed E-state index contributed by atoms with van der Waals surface area (Å²) < 4.78 is 0. The number of aromatic nitrogens is 1. The predicted octanol–water partition coefficient (Wildman–Crippen LogP) is 2.21. The minimum Gasteiger partial charge on any atom is -0.396 e. The molecular weight excluding hydrogens is 224 g/mol. The second-order valence-corrected chi connectivity index (χ2v) is 5.64. The van der Waals surface area contributed by atoms with Gasteiger partial charge in [0.1, 0.15) is 0 Å². The summed E-state index contributed by atoms with van der Waals surface area (Å²) in [5.74, 6) is 0.444. The van der Waals surface area contributed by atoms with Gasteiger partial charge in [-0.3, -0.25) is 4.98 Å². The summed E-state index contributed by atoms with van der Waals surface area (Å²) in [7, 11) is 0. The van der Waals surface area contributed by atoms with Gasteiger partial charge in [0.05, 0.1) is 5.69 Å². The number of hydrogen-bond donors (Lipinski definition) is 2. The van der Waals surface area contributed by atoms with E-state index in [9.17, 15) is 5.11 Å². The molecule has 1 heterocycles. The van der Waals surface area contributed by atoms with Gasteiger partial charge in [0.15, 0.2) is 0 Å². The fourth-order valence-electron chi connectivity index (χ4n) is 3.50. The Bertz CT molecular complexity index is 407. The first-order valence-electron chi connectivity index (χ1n) is 7.19. The van der Waals surface area contributed by atoms with Crippen molar-refractivity contribution < 1.29 is 5.11 Å². The van der Waals surface area contributed by atoms with Crippen LogP contribution < -0.4 is 5.32 Å². The van der Waals surface area contributed by atoms with Crippen molar-refractivity contribution >= 4 is 0 Å². The van der Waals surface area contributed by atoms with Gasteiger partial charge in [0.2, 0.25) is 0 Å². The van der Waals surface area contributed by atoms with E-state index in [-0.39, 0.29) is 0 Å². The molecule has 2 aliphatic rings. The van der Waals surface area contributed by atoms with Crippen LogP contribution in [0.15, 0.2) is 18.3 Å². The molecule has 0 aliphatic heterocycles. The highest BCUT2D eigenvalue weighted by molar-refractivity contribution is 5.25. The zero-order chi connectivity index (χ0) is 12.4. The van der Waals surface area contributed by atoms with Crippen LogP contribution in [0.4, 0.5) is 0 Å². The fraction of sp³-hybridized carbons (Fsp3) is 0.667. The van der Waals surface area contributed by atoms with Gasteiger partial charge >= 0.3 is 0 Å². The van der Waals surface area contributed by atoms with Crippen LogP contribution in [0.3, 0.4) is 0 Å². The van der Waals surface area contributed by atoms with Crippen LogP contribution in [-0.2, 0) is 6.42 Å². The Morgan fingerprint density at radius 1 is 1.28 bits per heavy atom. The highest BCUT2D eigenvalue weighted by Gasteiger charge is 2.30. The summed E-state index contributed by atoms with van der Waals surface area (Å²) in [6, 6.07) is 5.11. The lowest BCUT2D eigenvalue weighted by molar-refractivity contribution is 0.196. The van der Waals surface area contributed by atoms with E-state index in [2.05, 4.69) is 16.4 Å². The van der Waals surface area contributed by atoms with Crippen LogP contribution in [0.5, 0.6) is 0 Å². The molecule has 98 valence electrons. The highest BCUT2D eigenvalue weighted by Crippen LogP contribution is 2.32. The number of hydrogen-bond acceptors (Lipinski definition) is 3. The third-order valence-corrected chi connectivity index (χ3v) is 4.50. The molecule has 1 saturated carbocycles. The van der Waals surface area contributed by atoms with Gasteiger partial charge in [-0.25, -0.2) is 0 Å². The van der Waals surface area contributed by atoms with E-state index in [0.717, 1.165) is 12.8 Å². The molecule has 0 radical (unpaired) electrons. The van der Waals surface area contributed by atoms with Crippen molar-refractivity contribution in [3.8, 4) is 0 Å². The van der Waals surface area contributed by atoms with Crippen molar-refractivity contribution in [3.05, 3.63) is 29.6 Å². The predicted molar refractivity (Wildman–Crippen MR) is 71.3 cm³/mol. The SMILES string of the molecule is OCC1CCCC1NC1CCCc2cccnc21. The molecule has 18 heavy (non-hydrogen) atoms. The van der Waals surface area contributed by atoms with Crippen LogP contribution in [-0.4, -0.2) is 22.7 Å². The van der Waals surface area contributed by atoms with Gasteiger partial charge in [-0.15, -0.1) is 0 Å². The number of fused-ring (bicyclic) bond motifs is 1. The van der Waals surface area contributed by atoms with E-state index in [1.165, 1.54) is 36.9 Å². The molecule has 3 atom stereocenters. The lowest BCUT2D eigenvalue weighted by Crippen LogP contribution is -2.38. The minimum absolute atomic E-state index is 0.319. The third-order valence-electron chi connectivity index (χ3n) is 4.50. The molecule has 0 spiro atoms. The van der Waals surface area contributed by atoms with Crippen molar-refractivity contribution in [3.63, 3.8) is 0 Å². The normalized spacial score (nSPS) is 31.3. The average Bonchev–Trinajstić information content (AvgIpc) is 2.86. The molecule has 1 aromatic heterocycles. The second kappa shape index (κ2) is 5.37. The number of aryl methyl sites for hydroxylation is 1. The number of pyridine rings is 1. The smallest absolute Gasteiger partial charge is 0.0605 e. The monoisotopic (exact) mass is 246 g/mol. The van der Waals surface area contributed by atoms with Crippen molar-refractivity contribution in [1.82, 2.24) is 10.3 Å². The zero-order valence-corrected chi connectivity index (χ0v) is 10.8. The van der Waals surface area contributed by atoms with Gasteiger partial charge in [-0.2, -0.15) is 0 Å². The van der Waals surface area contributed by atoms with Crippen molar-refractivity contribution in [2.45, 2.75) is 50.6 Å². The first kappa shape index (κ1) is 12.1. The maximum atomic E-state index is 9.41. The number of rotatable bonds is 3. The average molecular weight is 246 g/mol. The Balaban J connectivity index is 1.74. The Morgan fingerprint density at radius 2 is 2.22 bits per heavy atom. The summed E-state index contributed by atoms with van der Waals surface area (Å²) >= 11 is 0.